The summed E-state index contributed by atoms with van der Waals surface area (Å²) in [6, 6.07) is 9.11. The summed E-state index contributed by atoms with van der Waals surface area (Å²) in [5.41, 5.74) is -0.618. The molecule has 9 heteroatoms. The third-order valence-electron chi connectivity index (χ3n) is 7.36. The zero-order chi connectivity index (χ0) is 24.8. The van der Waals surface area contributed by atoms with Crippen LogP contribution in [-0.4, -0.2) is 76.8 Å². The molecule has 2 aliphatic heterocycles. The van der Waals surface area contributed by atoms with Crippen LogP contribution in [0.2, 0.25) is 0 Å². The number of hydrogen-bond donors (Lipinski definition) is 1. The number of thiophene rings is 1. The minimum atomic E-state index is -1.19. The molecule has 1 atom stereocenters. The van der Waals surface area contributed by atoms with Crippen LogP contribution in [0.4, 0.5) is 4.79 Å². The number of amides is 4. The van der Waals surface area contributed by atoms with E-state index in [0.29, 0.717) is 51.0 Å². The monoisotopic (exact) mass is 497 g/mol. The SMILES string of the molecule is CCN(CC)CCC(=O)N1CCC(C2(c3ccccn3)NC(=O)N(CCc3cccs3)C2=O)CC1. The van der Waals surface area contributed by atoms with E-state index < -0.39 is 5.54 Å². The van der Waals surface area contributed by atoms with Crippen LogP contribution in [0.5, 0.6) is 0 Å². The largest absolute Gasteiger partial charge is 0.343 e. The molecule has 35 heavy (non-hydrogen) atoms. The van der Waals surface area contributed by atoms with Crippen molar-refractivity contribution in [1.82, 2.24) is 25.0 Å². The summed E-state index contributed by atoms with van der Waals surface area (Å²) < 4.78 is 0. The Morgan fingerprint density at radius 1 is 1.17 bits per heavy atom. The number of urea groups is 1. The van der Waals surface area contributed by atoms with Gasteiger partial charge in [-0.1, -0.05) is 26.0 Å². The number of imide groups is 1. The molecule has 1 N–H and O–H groups in total. The minimum absolute atomic E-state index is 0.132. The number of rotatable bonds is 10. The Morgan fingerprint density at radius 3 is 2.57 bits per heavy atom. The summed E-state index contributed by atoms with van der Waals surface area (Å²) in [5.74, 6) is -0.210. The summed E-state index contributed by atoms with van der Waals surface area (Å²) in [6.07, 6.45) is 4.08. The molecule has 1 unspecified atom stereocenters. The summed E-state index contributed by atoms with van der Waals surface area (Å²) in [4.78, 5) is 50.9. The highest BCUT2D eigenvalue weighted by Gasteiger charge is 2.58. The lowest BCUT2D eigenvalue weighted by Gasteiger charge is -2.40. The molecule has 2 aliphatic rings. The summed E-state index contributed by atoms with van der Waals surface area (Å²) in [7, 11) is 0. The van der Waals surface area contributed by atoms with E-state index >= 15 is 0 Å². The highest BCUT2D eigenvalue weighted by Crippen LogP contribution is 2.40. The maximum Gasteiger partial charge on any atom is 0.325 e. The van der Waals surface area contributed by atoms with Crippen LogP contribution in [0.1, 0.15) is 43.7 Å². The maximum atomic E-state index is 13.9. The minimum Gasteiger partial charge on any atom is -0.343 e. The van der Waals surface area contributed by atoms with Gasteiger partial charge in [0.05, 0.1) is 5.69 Å². The average molecular weight is 498 g/mol. The lowest BCUT2D eigenvalue weighted by molar-refractivity contribution is -0.136. The van der Waals surface area contributed by atoms with E-state index in [1.807, 2.05) is 40.6 Å². The predicted octanol–water partition coefficient (Wildman–Crippen LogP) is 3.10. The number of nitrogens with one attached hydrogen (secondary N) is 1. The Bertz CT molecular complexity index is 1000. The zero-order valence-corrected chi connectivity index (χ0v) is 21.4. The molecule has 0 saturated carbocycles. The van der Waals surface area contributed by atoms with Gasteiger partial charge in [0.15, 0.2) is 5.54 Å². The van der Waals surface area contributed by atoms with Crippen LogP contribution < -0.4 is 5.32 Å². The molecule has 188 valence electrons. The van der Waals surface area contributed by atoms with E-state index in [1.165, 1.54) is 4.90 Å². The number of hydrogen-bond acceptors (Lipinski definition) is 6. The van der Waals surface area contributed by atoms with Gasteiger partial charge in [0.25, 0.3) is 5.91 Å². The van der Waals surface area contributed by atoms with Crippen molar-refractivity contribution < 1.29 is 14.4 Å². The van der Waals surface area contributed by atoms with Crippen molar-refractivity contribution in [3.8, 4) is 0 Å². The van der Waals surface area contributed by atoms with Crippen molar-refractivity contribution in [2.75, 3.05) is 39.3 Å². The Labute approximate surface area is 211 Å². The molecule has 0 aliphatic carbocycles. The van der Waals surface area contributed by atoms with E-state index in [2.05, 4.69) is 29.0 Å². The van der Waals surface area contributed by atoms with Gasteiger partial charge in [0.1, 0.15) is 0 Å². The van der Waals surface area contributed by atoms with E-state index in [1.54, 1.807) is 17.5 Å². The summed E-state index contributed by atoms with van der Waals surface area (Å²) >= 11 is 1.62. The third kappa shape index (κ3) is 5.26. The van der Waals surface area contributed by atoms with Crippen molar-refractivity contribution in [1.29, 1.82) is 0 Å². The molecular weight excluding hydrogens is 462 g/mol. The van der Waals surface area contributed by atoms with Crippen molar-refractivity contribution in [3.05, 3.63) is 52.5 Å². The van der Waals surface area contributed by atoms with E-state index in [-0.39, 0.29) is 23.8 Å². The van der Waals surface area contributed by atoms with Crippen LogP contribution in [0.3, 0.4) is 0 Å². The van der Waals surface area contributed by atoms with Gasteiger partial charge < -0.3 is 15.1 Å². The highest BCUT2D eigenvalue weighted by molar-refractivity contribution is 7.09. The van der Waals surface area contributed by atoms with Gasteiger partial charge in [0, 0.05) is 49.6 Å². The first kappa shape index (κ1) is 25.3. The number of carbonyl (C=O) groups is 3. The second-order valence-electron chi connectivity index (χ2n) is 9.17. The van der Waals surface area contributed by atoms with Gasteiger partial charge in [-0.2, -0.15) is 0 Å². The van der Waals surface area contributed by atoms with E-state index in [0.717, 1.165) is 24.5 Å². The smallest absolute Gasteiger partial charge is 0.325 e. The van der Waals surface area contributed by atoms with Crippen molar-refractivity contribution >= 4 is 29.2 Å². The van der Waals surface area contributed by atoms with Crippen LogP contribution in [0.25, 0.3) is 0 Å². The van der Waals surface area contributed by atoms with Crippen molar-refractivity contribution in [2.45, 2.75) is 45.1 Å². The van der Waals surface area contributed by atoms with Crippen LogP contribution >= 0.6 is 11.3 Å². The lowest BCUT2D eigenvalue weighted by Crippen LogP contribution is -2.54. The van der Waals surface area contributed by atoms with E-state index in [4.69, 9.17) is 0 Å². The molecule has 0 spiro atoms. The summed E-state index contributed by atoms with van der Waals surface area (Å²) in [6.45, 7) is 8.33. The standard InChI is InChI=1S/C26H35N5O3S/c1-3-29(4-2)15-13-23(32)30-16-10-20(11-17-30)26(22-9-5-6-14-27-22)24(33)31(25(34)28-26)18-12-21-8-7-19-35-21/h5-9,14,19-20H,3-4,10-13,15-18H2,1-2H3,(H,28,34). The fourth-order valence-electron chi connectivity index (χ4n) is 5.24. The van der Waals surface area contributed by atoms with Gasteiger partial charge in [-0.25, -0.2) is 4.79 Å². The van der Waals surface area contributed by atoms with Crippen LogP contribution in [0, 0.1) is 5.92 Å². The molecule has 8 nitrogen and oxygen atoms in total. The zero-order valence-electron chi connectivity index (χ0n) is 20.6. The number of pyridine rings is 1. The Balaban J connectivity index is 1.48. The molecule has 2 aromatic heterocycles. The fourth-order valence-corrected chi connectivity index (χ4v) is 5.94. The van der Waals surface area contributed by atoms with Crippen molar-refractivity contribution in [3.63, 3.8) is 0 Å². The molecule has 0 radical (unpaired) electrons. The van der Waals surface area contributed by atoms with Gasteiger partial charge >= 0.3 is 6.03 Å². The molecule has 0 bridgehead atoms. The molecule has 4 heterocycles. The molecule has 0 aromatic carbocycles. The Morgan fingerprint density at radius 2 is 1.94 bits per heavy atom. The quantitative estimate of drug-likeness (QED) is 0.510. The second kappa shape index (κ2) is 11.3. The molecule has 4 rings (SSSR count). The Kier molecular flexibility index (Phi) is 8.18. The van der Waals surface area contributed by atoms with Gasteiger partial charge in [-0.3, -0.25) is 19.5 Å². The number of piperidine rings is 1. The van der Waals surface area contributed by atoms with Crippen LogP contribution in [0.15, 0.2) is 41.9 Å². The number of aromatic nitrogens is 1. The lowest BCUT2D eigenvalue weighted by atomic mass is 9.75. The average Bonchev–Trinajstić information content (AvgIpc) is 3.50. The topological polar surface area (TPSA) is 85.8 Å². The normalized spacial score (nSPS) is 21.1. The number of carbonyl (C=O) groups excluding carboxylic acids is 3. The molecule has 2 aromatic rings. The predicted molar refractivity (Wildman–Crippen MR) is 136 cm³/mol. The number of likely N-dealkylation sites (tertiary alicyclic amines) is 1. The molecule has 4 amide bonds. The molecular formula is C26H35N5O3S. The van der Waals surface area contributed by atoms with Crippen LogP contribution in [-0.2, 0) is 21.5 Å². The number of nitrogens with zero attached hydrogens (tertiary/aromatic N) is 4. The first-order valence-electron chi connectivity index (χ1n) is 12.6. The first-order chi connectivity index (χ1) is 17.0. The third-order valence-corrected chi connectivity index (χ3v) is 8.30. The van der Waals surface area contributed by atoms with Gasteiger partial charge in [0.2, 0.25) is 5.91 Å². The molecule has 2 saturated heterocycles. The second-order valence-corrected chi connectivity index (χ2v) is 10.2. The fraction of sp³-hybridized carbons (Fsp3) is 0.538. The Hall–Kier alpha value is -2.78. The van der Waals surface area contributed by atoms with Gasteiger partial charge in [-0.05, 0) is 55.9 Å². The highest BCUT2D eigenvalue weighted by atomic mass is 32.1. The maximum absolute atomic E-state index is 13.9. The molecule has 2 fully saturated rings. The van der Waals surface area contributed by atoms with E-state index in [9.17, 15) is 14.4 Å². The first-order valence-corrected chi connectivity index (χ1v) is 13.5. The summed E-state index contributed by atoms with van der Waals surface area (Å²) in [5, 5.41) is 5.05. The van der Waals surface area contributed by atoms with Gasteiger partial charge in [-0.15, -0.1) is 11.3 Å². The van der Waals surface area contributed by atoms with Crippen molar-refractivity contribution in [2.24, 2.45) is 5.92 Å².